The minimum absolute atomic E-state index is 0.354. The molecule has 2 unspecified atom stereocenters. The van der Waals surface area contributed by atoms with Crippen molar-refractivity contribution < 1.29 is 0 Å². The van der Waals surface area contributed by atoms with Gasteiger partial charge >= 0.3 is 0 Å². The predicted octanol–water partition coefficient (Wildman–Crippen LogP) is 3.70. The first-order valence-corrected chi connectivity index (χ1v) is 6.92. The molecular weight excluding hydrogens is 206 g/mol. The molecule has 3 rings (SSSR count). The normalized spacial score (nSPS) is 27.8. The summed E-state index contributed by atoms with van der Waals surface area (Å²) < 4.78 is 0. The fourth-order valence-corrected chi connectivity index (χ4v) is 3.30. The molecule has 0 amide bonds. The van der Waals surface area contributed by atoms with E-state index in [0.717, 1.165) is 5.92 Å². The van der Waals surface area contributed by atoms with E-state index >= 15 is 0 Å². The van der Waals surface area contributed by atoms with Gasteiger partial charge in [0.25, 0.3) is 0 Å². The van der Waals surface area contributed by atoms with E-state index in [1.165, 1.54) is 30.4 Å². The zero-order valence-corrected chi connectivity index (χ0v) is 11.2. The van der Waals surface area contributed by atoms with Gasteiger partial charge in [0.15, 0.2) is 0 Å². The van der Waals surface area contributed by atoms with Crippen LogP contribution in [0.5, 0.6) is 0 Å². The largest absolute Gasteiger partial charge is 0.307 e. The molecule has 0 bridgehead atoms. The quantitative estimate of drug-likeness (QED) is 0.833. The Kier molecular flexibility index (Phi) is 2.55. The summed E-state index contributed by atoms with van der Waals surface area (Å²) in [6.07, 6.45) is 4.05. The molecule has 1 heteroatoms. The van der Waals surface area contributed by atoms with Gasteiger partial charge < -0.3 is 5.32 Å². The molecule has 0 heterocycles. The molecule has 2 atom stereocenters. The van der Waals surface area contributed by atoms with Gasteiger partial charge in [-0.25, -0.2) is 0 Å². The Labute approximate surface area is 105 Å². The van der Waals surface area contributed by atoms with Crippen LogP contribution in [0.25, 0.3) is 0 Å². The lowest BCUT2D eigenvalue weighted by Gasteiger charge is -2.31. The van der Waals surface area contributed by atoms with Crippen molar-refractivity contribution in [2.24, 2.45) is 11.3 Å². The van der Waals surface area contributed by atoms with E-state index in [1.54, 1.807) is 0 Å². The van der Waals surface area contributed by atoms with E-state index in [0.29, 0.717) is 17.5 Å². The number of fused-ring (bicyclic) bond motifs is 1. The van der Waals surface area contributed by atoms with Crippen molar-refractivity contribution >= 4 is 0 Å². The van der Waals surface area contributed by atoms with Crippen molar-refractivity contribution in [1.82, 2.24) is 5.32 Å². The smallest absolute Gasteiger partial charge is 0.0379 e. The Hall–Kier alpha value is -0.820. The molecule has 1 saturated carbocycles. The van der Waals surface area contributed by atoms with Crippen molar-refractivity contribution in [1.29, 1.82) is 0 Å². The predicted molar refractivity (Wildman–Crippen MR) is 72.0 cm³/mol. The molecule has 1 aromatic carbocycles. The average Bonchev–Trinajstić information content (AvgIpc) is 3.06. The number of nitrogens with one attached hydrogen (secondary N) is 1. The molecule has 0 aromatic heterocycles. The Morgan fingerprint density at radius 1 is 1.24 bits per heavy atom. The van der Waals surface area contributed by atoms with E-state index in [2.05, 4.69) is 50.4 Å². The maximum absolute atomic E-state index is 3.89. The molecule has 1 N–H and O–H groups in total. The molecule has 17 heavy (non-hydrogen) atoms. The lowest BCUT2D eigenvalue weighted by atomic mass is 9.85. The van der Waals surface area contributed by atoms with Gasteiger partial charge in [0.1, 0.15) is 0 Å². The summed E-state index contributed by atoms with van der Waals surface area (Å²) in [5.41, 5.74) is 3.43. The summed E-state index contributed by atoms with van der Waals surface area (Å²) in [4.78, 5) is 0. The van der Waals surface area contributed by atoms with Crippen molar-refractivity contribution in [2.75, 3.05) is 0 Å². The zero-order valence-electron chi connectivity index (χ0n) is 11.2. The Morgan fingerprint density at radius 3 is 2.65 bits per heavy atom. The molecule has 0 spiro atoms. The molecular formula is C16H23N. The Balaban J connectivity index is 1.85. The van der Waals surface area contributed by atoms with Crippen LogP contribution in [0.4, 0.5) is 0 Å². The lowest BCUT2D eigenvalue weighted by molar-refractivity contribution is 0.244. The van der Waals surface area contributed by atoms with E-state index in [9.17, 15) is 0 Å². The van der Waals surface area contributed by atoms with Gasteiger partial charge in [-0.15, -0.1) is 0 Å². The molecule has 0 radical (unpaired) electrons. The highest BCUT2D eigenvalue weighted by Crippen LogP contribution is 2.46. The van der Waals surface area contributed by atoms with Crippen LogP contribution in [0.1, 0.15) is 50.8 Å². The van der Waals surface area contributed by atoms with Gasteiger partial charge in [0.2, 0.25) is 0 Å². The summed E-state index contributed by atoms with van der Waals surface area (Å²) in [5.74, 6) is 0.929. The van der Waals surface area contributed by atoms with E-state index in [-0.39, 0.29) is 0 Å². The van der Waals surface area contributed by atoms with Crippen LogP contribution in [-0.2, 0) is 6.42 Å². The molecule has 92 valence electrons. The molecule has 2 aliphatic carbocycles. The number of hydrogen-bond donors (Lipinski definition) is 1. The minimum atomic E-state index is 0.354. The second kappa shape index (κ2) is 3.84. The lowest BCUT2D eigenvalue weighted by Crippen LogP contribution is -2.38. The topological polar surface area (TPSA) is 12.0 Å². The fourth-order valence-electron chi connectivity index (χ4n) is 3.30. The summed E-state index contributed by atoms with van der Waals surface area (Å²) >= 11 is 0. The number of benzene rings is 1. The van der Waals surface area contributed by atoms with Gasteiger partial charge in [-0.1, -0.05) is 38.1 Å². The molecule has 0 saturated heterocycles. The van der Waals surface area contributed by atoms with Crippen molar-refractivity contribution in [2.45, 2.75) is 52.1 Å². The van der Waals surface area contributed by atoms with Gasteiger partial charge in [-0.05, 0) is 48.6 Å². The van der Waals surface area contributed by atoms with Crippen LogP contribution in [0.3, 0.4) is 0 Å². The van der Waals surface area contributed by atoms with E-state index in [1.807, 2.05) is 0 Å². The minimum Gasteiger partial charge on any atom is -0.307 e. The average molecular weight is 229 g/mol. The maximum atomic E-state index is 3.89. The highest BCUT2D eigenvalue weighted by molar-refractivity contribution is 5.37. The maximum Gasteiger partial charge on any atom is 0.0379 e. The summed E-state index contributed by atoms with van der Waals surface area (Å²) in [6.45, 7) is 7.14. The fraction of sp³-hybridized carbons (Fsp3) is 0.625. The van der Waals surface area contributed by atoms with Crippen LogP contribution >= 0.6 is 0 Å². The number of hydrogen-bond acceptors (Lipinski definition) is 1. The van der Waals surface area contributed by atoms with E-state index < -0.39 is 0 Å². The van der Waals surface area contributed by atoms with Gasteiger partial charge in [-0.2, -0.15) is 0 Å². The monoisotopic (exact) mass is 229 g/mol. The summed E-state index contributed by atoms with van der Waals surface area (Å²) in [7, 11) is 0. The molecule has 2 aliphatic rings. The van der Waals surface area contributed by atoms with Crippen LogP contribution in [-0.4, -0.2) is 6.04 Å². The molecule has 1 fully saturated rings. The van der Waals surface area contributed by atoms with Gasteiger partial charge in [-0.3, -0.25) is 0 Å². The summed E-state index contributed by atoms with van der Waals surface area (Å²) in [5, 5.41) is 3.89. The van der Waals surface area contributed by atoms with Crippen molar-refractivity contribution in [3.05, 3.63) is 35.4 Å². The highest BCUT2D eigenvalue weighted by Gasteiger charge is 2.40. The van der Waals surface area contributed by atoms with Crippen LogP contribution in [0.15, 0.2) is 24.3 Å². The Bertz CT molecular complexity index is 417. The first-order valence-electron chi connectivity index (χ1n) is 6.92. The second-order valence-electron chi connectivity index (χ2n) is 6.59. The highest BCUT2D eigenvalue weighted by atomic mass is 15.0. The molecule has 1 nitrogen and oxygen atoms in total. The SMILES string of the molecule is CC(NC1c2ccccc2CC1(C)C)C1CC1. The first-order chi connectivity index (χ1) is 8.08. The third-order valence-corrected chi connectivity index (χ3v) is 4.55. The van der Waals surface area contributed by atoms with E-state index in [4.69, 9.17) is 0 Å². The first kappa shape index (κ1) is 11.3. The second-order valence-corrected chi connectivity index (χ2v) is 6.59. The third-order valence-electron chi connectivity index (χ3n) is 4.55. The third kappa shape index (κ3) is 2.01. The standard InChI is InChI=1S/C16H23N/c1-11(12-8-9-12)17-15-14-7-5-4-6-13(14)10-16(15,2)3/h4-7,11-12,15,17H,8-10H2,1-3H3. The Morgan fingerprint density at radius 2 is 1.94 bits per heavy atom. The zero-order chi connectivity index (χ0) is 12.0. The van der Waals surface area contributed by atoms with Gasteiger partial charge in [0, 0.05) is 12.1 Å². The molecule has 1 aromatic rings. The van der Waals surface area contributed by atoms with Crippen molar-refractivity contribution in [3.8, 4) is 0 Å². The van der Waals surface area contributed by atoms with Crippen molar-refractivity contribution in [3.63, 3.8) is 0 Å². The summed E-state index contributed by atoms with van der Waals surface area (Å²) in [6, 6.07) is 10.2. The number of rotatable bonds is 3. The van der Waals surface area contributed by atoms with Crippen LogP contribution < -0.4 is 5.32 Å². The van der Waals surface area contributed by atoms with Crippen LogP contribution in [0.2, 0.25) is 0 Å². The van der Waals surface area contributed by atoms with Gasteiger partial charge in [0.05, 0.1) is 0 Å². The molecule has 0 aliphatic heterocycles. The van der Waals surface area contributed by atoms with Crippen LogP contribution in [0, 0.1) is 11.3 Å².